The van der Waals surface area contributed by atoms with E-state index in [1.54, 1.807) is 7.11 Å². The Morgan fingerprint density at radius 3 is 2.71 bits per heavy atom. The van der Waals surface area contributed by atoms with Crippen molar-refractivity contribution in [2.24, 2.45) is 5.92 Å². The predicted molar refractivity (Wildman–Crippen MR) is 84.4 cm³/mol. The second kappa shape index (κ2) is 8.71. The van der Waals surface area contributed by atoms with Gasteiger partial charge in [-0.2, -0.15) is 0 Å². The first kappa shape index (κ1) is 16.7. The number of nitrogens with zero attached hydrogens (tertiary/aromatic N) is 3. The van der Waals surface area contributed by atoms with Gasteiger partial charge < -0.3 is 14.5 Å². The zero-order chi connectivity index (χ0) is 15.1. The van der Waals surface area contributed by atoms with Crippen LogP contribution in [0.4, 0.5) is 0 Å². The Hall–Kier alpha value is -0.650. The molecule has 122 valence electrons. The highest BCUT2D eigenvalue weighted by molar-refractivity contribution is 5.78. The van der Waals surface area contributed by atoms with Crippen LogP contribution in [-0.4, -0.2) is 87.2 Å². The van der Waals surface area contributed by atoms with Gasteiger partial charge in [0.25, 0.3) is 0 Å². The van der Waals surface area contributed by atoms with Crippen molar-refractivity contribution < 1.29 is 9.53 Å². The van der Waals surface area contributed by atoms with Crippen LogP contribution in [0.1, 0.15) is 25.7 Å². The van der Waals surface area contributed by atoms with Gasteiger partial charge in [0.05, 0.1) is 13.2 Å². The molecule has 5 nitrogen and oxygen atoms in total. The lowest BCUT2D eigenvalue weighted by atomic mass is 9.97. The zero-order valence-electron chi connectivity index (χ0n) is 13.7. The highest BCUT2D eigenvalue weighted by atomic mass is 16.5. The number of ether oxygens (including phenoxy) is 1. The zero-order valence-corrected chi connectivity index (χ0v) is 13.7. The second-order valence-electron chi connectivity index (χ2n) is 6.59. The summed E-state index contributed by atoms with van der Waals surface area (Å²) < 4.78 is 5.06. The van der Waals surface area contributed by atoms with E-state index in [0.29, 0.717) is 19.1 Å². The Labute approximate surface area is 129 Å². The van der Waals surface area contributed by atoms with Crippen LogP contribution in [0.25, 0.3) is 0 Å². The maximum Gasteiger partial charge on any atom is 0.236 e. The molecule has 2 rings (SSSR count). The molecule has 0 bridgehead atoms. The van der Waals surface area contributed by atoms with Crippen LogP contribution in [0.3, 0.4) is 0 Å². The van der Waals surface area contributed by atoms with Crippen molar-refractivity contribution in [3.8, 4) is 0 Å². The molecule has 0 radical (unpaired) electrons. The average Bonchev–Trinajstić information content (AvgIpc) is 2.98. The minimum Gasteiger partial charge on any atom is -0.383 e. The highest BCUT2D eigenvalue weighted by Crippen LogP contribution is 2.20. The maximum absolute atomic E-state index is 12.4. The first-order chi connectivity index (χ1) is 10.2. The SMILES string of the molecule is COCCN(C)CC(=O)N1CCCC(CN2CCCC2)C1. The van der Waals surface area contributed by atoms with E-state index in [1.807, 2.05) is 7.05 Å². The van der Waals surface area contributed by atoms with E-state index in [-0.39, 0.29) is 5.91 Å². The lowest BCUT2D eigenvalue weighted by molar-refractivity contribution is -0.134. The van der Waals surface area contributed by atoms with Crippen LogP contribution < -0.4 is 0 Å². The van der Waals surface area contributed by atoms with Crippen molar-refractivity contribution >= 4 is 5.91 Å². The van der Waals surface area contributed by atoms with E-state index < -0.39 is 0 Å². The molecule has 2 aliphatic rings. The quantitative estimate of drug-likeness (QED) is 0.699. The Kier molecular flexibility index (Phi) is 6.93. The molecule has 2 saturated heterocycles. The summed E-state index contributed by atoms with van der Waals surface area (Å²) in [4.78, 5) is 19.1. The molecule has 1 atom stereocenters. The minimum atomic E-state index is 0.278. The van der Waals surface area contributed by atoms with Gasteiger partial charge in [-0.3, -0.25) is 9.69 Å². The summed E-state index contributed by atoms with van der Waals surface area (Å²) in [5.41, 5.74) is 0. The lowest BCUT2D eigenvalue weighted by Crippen LogP contribution is -2.46. The van der Waals surface area contributed by atoms with E-state index in [4.69, 9.17) is 4.74 Å². The number of hydrogen-bond donors (Lipinski definition) is 0. The summed E-state index contributed by atoms with van der Waals surface area (Å²) in [6.07, 6.45) is 5.13. The summed E-state index contributed by atoms with van der Waals surface area (Å²) in [5, 5.41) is 0. The second-order valence-corrected chi connectivity index (χ2v) is 6.59. The fourth-order valence-electron chi connectivity index (χ4n) is 3.43. The first-order valence-corrected chi connectivity index (χ1v) is 8.36. The van der Waals surface area contributed by atoms with Crippen molar-refractivity contribution in [1.29, 1.82) is 0 Å². The van der Waals surface area contributed by atoms with Crippen molar-refractivity contribution in [3.63, 3.8) is 0 Å². The van der Waals surface area contributed by atoms with Crippen LogP contribution in [0.5, 0.6) is 0 Å². The molecule has 0 spiro atoms. The van der Waals surface area contributed by atoms with Crippen LogP contribution >= 0.6 is 0 Å². The van der Waals surface area contributed by atoms with Gasteiger partial charge in [-0.15, -0.1) is 0 Å². The summed E-state index contributed by atoms with van der Waals surface area (Å²) in [7, 11) is 3.69. The number of carbonyl (C=O) groups is 1. The molecule has 0 N–H and O–H groups in total. The third-order valence-electron chi connectivity index (χ3n) is 4.67. The molecular formula is C16H31N3O2. The molecule has 2 aliphatic heterocycles. The summed E-state index contributed by atoms with van der Waals surface area (Å²) in [6, 6.07) is 0. The number of likely N-dealkylation sites (tertiary alicyclic amines) is 2. The molecule has 2 heterocycles. The average molecular weight is 297 g/mol. The number of amides is 1. The fraction of sp³-hybridized carbons (Fsp3) is 0.938. The van der Waals surface area contributed by atoms with E-state index in [0.717, 1.165) is 26.1 Å². The Bertz CT molecular complexity index is 319. The molecule has 0 saturated carbocycles. The minimum absolute atomic E-state index is 0.278. The van der Waals surface area contributed by atoms with Gasteiger partial charge in [-0.05, 0) is 51.7 Å². The molecule has 5 heteroatoms. The van der Waals surface area contributed by atoms with Gasteiger partial charge >= 0.3 is 0 Å². The monoisotopic (exact) mass is 297 g/mol. The van der Waals surface area contributed by atoms with Crippen molar-refractivity contribution in [3.05, 3.63) is 0 Å². The predicted octanol–water partition coefficient (Wildman–Crippen LogP) is 0.899. The topological polar surface area (TPSA) is 36.0 Å². The molecule has 21 heavy (non-hydrogen) atoms. The number of piperidine rings is 1. The molecule has 1 amide bonds. The number of rotatable bonds is 7. The number of methoxy groups -OCH3 is 1. The van der Waals surface area contributed by atoms with Gasteiger partial charge in [0, 0.05) is 33.3 Å². The van der Waals surface area contributed by atoms with Crippen molar-refractivity contribution in [2.75, 3.05) is 66.6 Å². The van der Waals surface area contributed by atoms with Crippen LogP contribution in [-0.2, 0) is 9.53 Å². The van der Waals surface area contributed by atoms with E-state index >= 15 is 0 Å². The standard InChI is InChI=1S/C16H31N3O2/c1-17(10-11-21-2)14-16(20)19-9-5-6-15(13-19)12-18-7-3-4-8-18/h15H,3-14H2,1-2H3. The number of likely N-dealkylation sites (N-methyl/N-ethyl adjacent to an activating group) is 1. The van der Waals surface area contributed by atoms with Gasteiger partial charge in [0.15, 0.2) is 0 Å². The Balaban J connectivity index is 1.72. The molecular weight excluding hydrogens is 266 g/mol. The summed E-state index contributed by atoms with van der Waals surface area (Å²) >= 11 is 0. The van der Waals surface area contributed by atoms with Gasteiger partial charge in [0.2, 0.25) is 5.91 Å². The molecule has 0 aromatic heterocycles. The number of hydrogen-bond acceptors (Lipinski definition) is 4. The smallest absolute Gasteiger partial charge is 0.236 e. The Morgan fingerprint density at radius 2 is 2.00 bits per heavy atom. The molecule has 0 aromatic carbocycles. The van der Waals surface area contributed by atoms with Crippen LogP contribution in [0, 0.1) is 5.92 Å². The normalized spacial score (nSPS) is 24.0. The first-order valence-electron chi connectivity index (χ1n) is 8.36. The van der Waals surface area contributed by atoms with Gasteiger partial charge in [0.1, 0.15) is 0 Å². The number of carbonyl (C=O) groups excluding carboxylic acids is 1. The van der Waals surface area contributed by atoms with E-state index in [9.17, 15) is 4.79 Å². The largest absolute Gasteiger partial charge is 0.383 e. The maximum atomic E-state index is 12.4. The highest BCUT2D eigenvalue weighted by Gasteiger charge is 2.26. The van der Waals surface area contributed by atoms with Crippen LogP contribution in [0.2, 0.25) is 0 Å². The fourth-order valence-corrected chi connectivity index (χ4v) is 3.43. The molecule has 0 aliphatic carbocycles. The third kappa shape index (κ3) is 5.57. The van der Waals surface area contributed by atoms with E-state index in [2.05, 4.69) is 14.7 Å². The van der Waals surface area contributed by atoms with Crippen molar-refractivity contribution in [1.82, 2.24) is 14.7 Å². The van der Waals surface area contributed by atoms with E-state index in [1.165, 1.54) is 38.9 Å². The lowest BCUT2D eigenvalue weighted by Gasteiger charge is -2.35. The summed E-state index contributed by atoms with van der Waals surface area (Å²) in [6.45, 7) is 7.59. The Morgan fingerprint density at radius 1 is 1.24 bits per heavy atom. The molecule has 1 unspecified atom stereocenters. The van der Waals surface area contributed by atoms with Gasteiger partial charge in [-0.1, -0.05) is 0 Å². The molecule has 0 aromatic rings. The van der Waals surface area contributed by atoms with Crippen LogP contribution in [0.15, 0.2) is 0 Å². The van der Waals surface area contributed by atoms with Crippen molar-refractivity contribution in [2.45, 2.75) is 25.7 Å². The third-order valence-corrected chi connectivity index (χ3v) is 4.67. The molecule has 2 fully saturated rings. The van der Waals surface area contributed by atoms with Gasteiger partial charge in [-0.25, -0.2) is 0 Å². The summed E-state index contributed by atoms with van der Waals surface area (Å²) in [5.74, 6) is 0.949.